The molecule has 2 atom stereocenters. The van der Waals surface area contributed by atoms with Gasteiger partial charge in [-0.3, -0.25) is 19.1 Å². The fourth-order valence-electron chi connectivity index (χ4n) is 3.09. The molecule has 2 aromatic heterocycles. The van der Waals surface area contributed by atoms with Crippen molar-refractivity contribution in [2.24, 2.45) is 5.41 Å². The predicted molar refractivity (Wildman–Crippen MR) is 113 cm³/mol. The fourth-order valence-corrected chi connectivity index (χ4v) is 3.87. The number of hydrogen-bond acceptors (Lipinski definition) is 9. The number of carbonyl (C=O) groups excluding carboxylic acids is 1. The highest BCUT2D eigenvalue weighted by molar-refractivity contribution is 7.33. The molecule has 0 aliphatic heterocycles. The zero-order chi connectivity index (χ0) is 22.0. The third kappa shape index (κ3) is 4.68. The number of ether oxygens (including phenoxy) is 1. The number of nitrogen functional groups attached to an aromatic ring is 1. The first-order valence-corrected chi connectivity index (χ1v) is 10.6. The number of esters is 1. The van der Waals surface area contributed by atoms with E-state index in [1.165, 1.54) is 13.3 Å². The Kier molecular flexibility index (Phi) is 5.62. The Labute approximate surface area is 176 Å². The van der Waals surface area contributed by atoms with E-state index in [-0.39, 0.29) is 24.7 Å². The lowest BCUT2D eigenvalue weighted by Gasteiger charge is -2.15. The van der Waals surface area contributed by atoms with E-state index in [2.05, 4.69) is 15.0 Å². The van der Waals surface area contributed by atoms with Crippen molar-refractivity contribution in [3.8, 4) is 5.75 Å². The number of aromatic nitrogens is 4. The van der Waals surface area contributed by atoms with Crippen LogP contribution in [0.2, 0.25) is 0 Å². The topological polar surface area (TPSA) is 151 Å². The van der Waals surface area contributed by atoms with Crippen LogP contribution in [0.1, 0.15) is 13.3 Å². The van der Waals surface area contributed by atoms with Gasteiger partial charge in [-0.2, -0.15) is 4.98 Å². The van der Waals surface area contributed by atoms with Gasteiger partial charge in [0.25, 0.3) is 5.56 Å². The summed E-state index contributed by atoms with van der Waals surface area (Å²) in [5.74, 6) is -0.0294. The van der Waals surface area contributed by atoms with Gasteiger partial charge in [0.2, 0.25) is 5.95 Å². The molecule has 2 heterocycles. The van der Waals surface area contributed by atoms with Crippen LogP contribution < -0.4 is 15.8 Å². The standard InChI is InChI=1S/C19H20N5O6P/c1-12(25)28-9-19(10-29-31(27)30-14-5-3-2-4-6-14)7-13(19)8-24-11-21-15-16(24)22-18(20)23-17(15)26/h2-6,8,11,31H,7,9-10H2,1H3,(H3,20,22,23,26)/b13-8-/t19-/m0/s1. The van der Waals surface area contributed by atoms with E-state index in [9.17, 15) is 14.2 Å². The number of H-pyrrole nitrogens is 1. The zero-order valence-corrected chi connectivity index (χ0v) is 17.5. The fraction of sp³-hybridized carbons (Fsp3) is 0.263. The van der Waals surface area contributed by atoms with Crippen LogP contribution in [0.15, 0.2) is 47.0 Å². The van der Waals surface area contributed by atoms with Crippen LogP contribution in [0.3, 0.4) is 0 Å². The molecular formula is C19H20N5O6P. The number of nitrogens with two attached hydrogens (primary N) is 1. The number of imidazole rings is 1. The minimum absolute atomic E-state index is 0.0273. The Morgan fingerprint density at radius 1 is 1.35 bits per heavy atom. The quantitative estimate of drug-likeness (QED) is 0.392. The molecule has 3 N–H and O–H groups in total. The van der Waals surface area contributed by atoms with Gasteiger partial charge in [0.05, 0.1) is 12.0 Å². The van der Waals surface area contributed by atoms with Gasteiger partial charge in [-0.05, 0) is 24.1 Å². The van der Waals surface area contributed by atoms with Crippen LogP contribution in [0.5, 0.6) is 5.75 Å². The summed E-state index contributed by atoms with van der Waals surface area (Å²) < 4.78 is 29.8. The molecule has 0 radical (unpaired) electrons. The van der Waals surface area contributed by atoms with Gasteiger partial charge in [-0.25, -0.2) is 9.55 Å². The highest BCUT2D eigenvalue weighted by Crippen LogP contribution is 2.54. The molecule has 31 heavy (non-hydrogen) atoms. The first kappa shape index (κ1) is 20.8. The molecule has 0 amide bonds. The minimum atomic E-state index is -2.81. The number of para-hydroxylation sites is 1. The van der Waals surface area contributed by atoms with Gasteiger partial charge in [0, 0.05) is 13.1 Å². The van der Waals surface area contributed by atoms with E-state index >= 15 is 0 Å². The molecule has 1 aromatic carbocycles. The first-order chi connectivity index (χ1) is 14.9. The summed E-state index contributed by atoms with van der Waals surface area (Å²) in [6.45, 7) is 1.39. The largest absolute Gasteiger partial charge is 0.465 e. The van der Waals surface area contributed by atoms with Crippen molar-refractivity contribution in [2.75, 3.05) is 18.9 Å². The summed E-state index contributed by atoms with van der Waals surface area (Å²) in [6.07, 6.45) is 3.69. The summed E-state index contributed by atoms with van der Waals surface area (Å²) in [6, 6.07) is 8.68. The molecule has 1 unspecified atom stereocenters. The number of aromatic amines is 1. The van der Waals surface area contributed by atoms with Crippen LogP contribution in [0.25, 0.3) is 17.4 Å². The number of rotatable bonds is 8. The third-order valence-electron chi connectivity index (χ3n) is 4.79. The van der Waals surface area contributed by atoms with Crippen molar-refractivity contribution in [1.82, 2.24) is 19.5 Å². The smallest absolute Gasteiger partial charge is 0.367 e. The first-order valence-electron chi connectivity index (χ1n) is 9.33. The maximum Gasteiger partial charge on any atom is 0.367 e. The molecule has 1 aliphatic carbocycles. The summed E-state index contributed by atoms with van der Waals surface area (Å²) in [7, 11) is -2.81. The molecule has 0 bridgehead atoms. The molecule has 0 saturated heterocycles. The lowest BCUT2D eigenvalue weighted by Crippen LogP contribution is -2.19. The molecule has 1 fully saturated rings. The monoisotopic (exact) mass is 445 g/mol. The average molecular weight is 445 g/mol. The van der Waals surface area contributed by atoms with Crippen LogP contribution >= 0.6 is 8.25 Å². The van der Waals surface area contributed by atoms with Crippen molar-refractivity contribution in [3.63, 3.8) is 0 Å². The molecule has 0 spiro atoms. The number of hydrogen-bond donors (Lipinski definition) is 2. The van der Waals surface area contributed by atoms with Crippen LogP contribution in [-0.2, 0) is 18.6 Å². The van der Waals surface area contributed by atoms with Crippen molar-refractivity contribution < 1.29 is 23.1 Å². The third-order valence-corrected chi connectivity index (χ3v) is 5.58. The Morgan fingerprint density at radius 3 is 2.87 bits per heavy atom. The maximum atomic E-state index is 12.2. The van der Waals surface area contributed by atoms with Gasteiger partial charge in [-0.15, -0.1) is 0 Å². The minimum Gasteiger partial charge on any atom is -0.465 e. The van der Waals surface area contributed by atoms with E-state index in [4.69, 9.17) is 19.5 Å². The lowest BCUT2D eigenvalue weighted by atomic mass is 10.1. The number of fused-ring (bicyclic) bond motifs is 1. The predicted octanol–water partition coefficient (Wildman–Crippen LogP) is 1.98. The van der Waals surface area contributed by atoms with E-state index in [1.54, 1.807) is 35.0 Å². The molecule has 3 aromatic rings. The Balaban J connectivity index is 1.52. The summed E-state index contributed by atoms with van der Waals surface area (Å²) in [5, 5.41) is 0. The number of carbonyl (C=O) groups is 1. The van der Waals surface area contributed by atoms with Gasteiger partial charge in [0.15, 0.2) is 11.2 Å². The summed E-state index contributed by atoms with van der Waals surface area (Å²) in [5.41, 5.74) is 5.82. The van der Waals surface area contributed by atoms with Crippen molar-refractivity contribution in [2.45, 2.75) is 13.3 Å². The van der Waals surface area contributed by atoms with Gasteiger partial charge in [-0.1, -0.05) is 18.2 Å². The molecule has 1 aliphatic rings. The summed E-state index contributed by atoms with van der Waals surface area (Å²) >= 11 is 0. The maximum absolute atomic E-state index is 12.2. The molecular weight excluding hydrogens is 425 g/mol. The number of nitrogens with one attached hydrogen (secondary N) is 1. The van der Waals surface area contributed by atoms with Gasteiger partial charge in [0.1, 0.15) is 18.7 Å². The second kappa shape index (κ2) is 8.37. The number of nitrogens with zero attached hydrogens (tertiary/aromatic N) is 3. The second-order valence-corrected chi connectivity index (χ2v) is 8.11. The van der Waals surface area contributed by atoms with E-state index < -0.39 is 25.2 Å². The van der Waals surface area contributed by atoms with Crippen molar-refractivity contribution in [1.29, 1.82) is 0 Å². The molecule has 4 rings (SSSR count). The Bertz CT molecular complexity index is 1240. The lowest BCUT2D eigenvalue weighted by molar-refractivity contribution is -0.142. The van der Waals surface area contributed by atoms with Crippen LogP contribution in [0.4, 0.5) is 5.95 Å². The van der Waals surface area contributed by atoms with Gasteiger partial charge >= 0.3 is 14.2 Å². The van der Waals surface area contributed by atoms with Crippen molar-refractivity contribution in [3.05, 3.63) is 52.6 Å². The normalized spacial score (nSPS) is 20.0. The van der Waals surface area contributed by atoms with E-state index in [0.717, 1.165) is 5.57 Å². The van der Waals surface area contributed by atoms with Gasteiger partial charge < -0.3 is 19.5 Å². The Hall–Kier alpha value is -3.43. The number of anilines is 1. The number of benzene rings is 1. The highest BCUT2D eigenvalue weighted by atomic mass is 31.1. The summed E-state index contributed by atoms with van der Waals surface area (Å²) in [4.78, 5) is 33.8. The second-order valence-electron chi connectivity index (χ2n) is 7.12. The average Bonchev–Trinajstić information content (AvgIpc) is 3.26. The van der Waals surface area contributed by atoms with Crippen LogP contribution in [-0.4, -0.2) is 38.7 Å². The molecule has 1 saturated carbocycles. The molecule has 11 nitrogen and oxygen atoms in total. The SMILES string of the molecule is CC(=O)OC[C@]1(CO[PH](=O)Oc2ccccc2)C/C1=C/n1cnc2c(=O)[nH]c(N)nc21. The molecule has 12 heteroatoms. The van der Waals surface area contributed by atoms with E-state index in [1.807, 2.05) is 6.07 Å². The van der Waals surface area contributed by atoms with Crippen LogP contribution in [0, 0.1) is 5.41 Å². The van der Waals surface area contributed by atoms with Crippen molar-refractivity contribution >= 4 is 37.5 Å². The Morgan fingerprint density at radius 2 is 2.13 bits per heavy atom. The highest BCUT2D eigenvalue weighted by Gasteiger charge is 2.51. The van der Waals surface area contributed by atoms with E-state index in [0.29, 0.717) is 17.8 Å². The molecule has 162 valence electrons. The zero-order valence-electron chi connectivity index (χ0n) is 16.5.